The van der Waals surface area contributed by atoms with Gasteiger partial charge in [0.05, 0.1) is 30.8 Å². The molecular weight excluding hydrogens is 300 g/mol. The second-order valence-corrected chi connectivity index (χ2v) is 7.77. The first-order chi connectivity index (χ1) is 10.8. The van der Waals surface area contributed by atoms with Crippen molar-refractivity contribution in [1.29, 1.82) is 0 Å². The summed E-state index contributed by atoms with van der Waals surface area (Å²) in [7, 11) is 0. The molecule has 7 atom stereocenters. The number of aliphatic hydroxyl groups is 2. The molecule has 0 unspecified atom stereocenters. The second kappa shape index (κ2) is 4.57. The molecule has 4 rings (SSSR count). The molecule has 2 bridgehead atoms. The van der Waals surface area contributed by atoms with Gasteiger partial charge < -0.3 is 24.4 Å². The number of aliphatic hydroxyl groups excluding tert-OH is 2. The highest BCUT2D eigenvalue weighted by Crippen LogP contribution is 2.71. The summed E-state index contributed by atoms with van der Waals surface area (Å²) in [6.45, 7) is 5.71. The highest BCUT2D eigenvalue weighted by Gasteiger charge is 2.83. The standard InChI is InChI=1S/C17H24O6/c1-9-4-12(20)16(7-18)13(5-9)23-14-11(22-10(2)19)6-15(16,3)17(14)8-21-17/h5,11-14,18,20H,4,6-8H2,1-3H3/t11-,12-,13-,14-,15-,16+,17+/m1/s1. The van der Waals surface area contributed by atoms with Gasteiger partial charge in [0, 0.05) is 12.3 Å². The predicted molar refractivity (Wildman–Crippen MR) is 79.5 cm³/mol. The lowest BCUT2D eigenvalue weighted by Gasteiger charge is -2.58. The molecule has 2 N–H and O–H groups in total. The Morgan fingerprint density at radius 3 is 2.78 bits per heavy atom. The van der Waals surface area contributed by atoms with Crippen molar-refractivity contribution in [1.82, 2.24) is 0 Å². The van der Waals surface area contributed by atoms with Crippen LogP contribution in [0.25, 0.3) is 0 Å². The SMILES string of the molecule is CC(=O)O[C@@H]1C[C@]2(C)[C@@]3(CO)[C@H](O)CC(C)=C[C@H]3O[C@H]1[C@@]21CO1. The Bertz CT molecular complexity index is 582. The maximum absolute atomic E-state index is 11.5. The number of carbonyl (C=O) groups is 1. The predicted octanol–water partition coefficient (Wildman–Crippen LogP) is 0.554. The molecule has 0 aromatic heterocycles. The Morgan fingerprint density at radius 2 is 2.22 bits per heavy atom. The third kappa shape index (κ3) is 1.65. The zero-order chi connectivity index (χ0) is 16.6. The number of esters is 1. The van der Waals surface area contributed by atoms with E-state index in [9.17, 15) is 15.0 Å². The van der Waals surface area contributed by atoms with Crippen molar-refractivity contribution in [2.75, 3.05) is 13.2 Å². The quantitative estimate of drug-likeness (QED) is 0.438. The van der Waals surface area contributed by atoms with E-state index < -0.39 is 34.7 Å². The van der Waals surface area contributed by atoms with Crippen LogP contribution in [0.4, 0.5) is 0 Å². The molecule has 2 heterocycles. The maximum atomic E-state index is 11.5. The van der Waals surface area contributed by atoms with Gasteiger partial charge in [-0.3, -0.25) is 4.79 Å². The summed E-state index contributed by atoms with van der Waals surface area (Å²) >= 11 is 0. The van der Waals surface area contributed by atoms with Crippen molar-refractivity contribution in [3.63, 3.8) is 0 Å². The van der Waals surface area contributed by atoms with Crippen LogP contribution in [-0.4, -0.2) is 59.4 Å². The van der Waals surface area contributed by atoms with Crippen molar-refractivity contribution in [3.05, 3.63) is 11.6 Å². The van der Waals surface area contributed by atoms with Gasteiger partial charge in [0.25, 0.3) is 0 Å². The molecule has 0 aromatic carbocycles. The van der Waals surface area contributed by atoms with Crippen LogP contribution in [0.2, 0.25) is 0 Å². The molecular formula is C17H24O6. The highest BCUT2D eigenvalue weighted by molar-refractivity contribution is 5.66. The topological polar surface area (TPSA) is 88.5 Å². The van der Waals surface area contributed by atoms with Crippen LogP contribution < -0.4 is 0 Å². The fourth-order valence-electron chi connectivity index (χ4n) is 5.48. The summed E-state index contributed by atoms with van der Waals surface area (Å²) in [5.41, 5.74) is -0.883. The van der Waals surface area contributed by atoms with Gasteiger partial charge in [0.1, 0.15) is 17.8 Å². The molecule has 0 radical (unpaired) electrons. The Kier molecular flexibility index (Phi) is 3.09. The average molecular weight is 324 g/mol. The molecule has 1 saturated carbocycles. The molecule has 2 saturated heterocycles. The molecule has 23 heavy (non-hydrogen) atoms. The molecule has 2 aliphatic carbocycles. The van der Waals surface area contributed by atoms with E-state index in [2.05, 4.69) is 0 Å². The molecule has 0 amide bonds. The van der Waals surface area contributed by atoms with Crippen LogP contribution in [0.1, 0.15) is 33.6 Å². The Labute approximate surface area is 135 Å². The first-order valence-electron chi connectivity index (χ1n) is 8.23. The van der Waals surface area contributed by atoms with Gasteiger partial charge in [-0.1, -0.05) is 18.6 Å². The van der Waals surface area contributed by atoms with Crippen LogP contribution in [-0.2, 0) is 19.0 Å². The van der Waals surface area contributed by atoms with Crippen LogP contribution in [0.5, 0.6) is 0 Å². The first-order valence-corrected chi connectivity index (χ1v) is 8.23. The molecule has 1 spiro atoms. The summed E-state index contributed by atoms with van der Waals surface area (Å²) in [5.74, 6) is -0.348. The first kappa shape index (κ1) is 15.6. The fourth-order valence-corrected chi connectivity index (χ4v) is 5.48. The van der Waals surface area contributed by atoms with Gasteiger partial charge in [-0.2, -0.15) is 0 Å². The normalized spacial score (nSPS) is 53.7. The van der Waals surface area contributed by atoms with E-state index in [1.54, 1.807) is 0 Å². The van der Waals surface area contributed by atoms with Crippen LogP contribution in [0, 0.1) is 10.8 Å². The number of hydrogen-bond acceptors (Lipinski definition) is 6. The number of epoxide rings is 1. The summed E-state index contributed by atoms with van der Waals surface area (Å²) in [6.07, 6.45) is 1.16. The Hall–Kier alpha value is -0.950. The van der Waals surface area contributed by atoms with E-state index in [-0.39, 0.29) is 18.7 Å². The smallest absolute Gasteiger partial charge is 0.302 e. The zero-order valence-electron chi connectivity index (χ0n) is 13.7. The number of rotatable bonds is 2. The van der Waals surface area contributed by atoms with E-state index in [0.717, 1.165) is 5.57 Å². The minimum atomic E-state index is -0.839. The van der Waals surface area contributed by atoms with E-state index in [1.165, 1.54) is 6.92 Å². The zero-order valence-corrected chi connectivity index (χ0v) is 13.7. The Morgan fingerprint density at radius 1 is 1.52 bits per heavy atom. The van der Waals surface area contributed by atoms with Crippen LogP contribution in [0.3, 0.4) is 0 Å². The van der Waals surface area contributed by atoms with E-state index in [1.807, 2.05) is 19.9 Å². The molecule has 6 nitrogen and oxygen atoms in total. The minimum Gasteiger partial charge on any atom is -0.460 e. The van der Waals surface area contributed by atoms with Gasteiger partial charge in [-0.15, -0.1) is 0 Å². The highest BCUT2D eigenvalue weighted by atomic mass is 16.7. The number of fused-ring (bicyclic) bond motifs is 2. The van der Waals surface area contributed by atoms with Gasteiger partial charge >= 0.3 is 5.97 Å². The van der Waals surface area contributed by atoms with Gasteiger partial charge in [0.2, 0.25) is 0 Å². The van der Waals surface area contributed by atoms with Crippen molar-refractivity contribution in [3.8, 4) is 0 Å². The fraction of sp³-hybridized carbons (Fsp3) is 0.824. The van der Waals surface area contributed by atoms with E-state index >= 15 is 0 Å². The lowest BCUT2D eigenvalue weighted by atomic mass is 9.51. The largest absolute Gasteiger partial charge is 0.460 e. The summed E-state index contributed by atoms with van der Waals surface area (Å²) in [4.78, 5) is 11.5. The number of ether oxygens (including phenoxy) is 3. The number of carbonyl (C=O) groups excluding carboxylic acids is 1. The maximum Gasteiger partial charge on any atom is 0.302 e. The average Bonchev–Trinajstić information content (AvgIpc) is 3.21. The number of hydrogen-bond donors (Lipinski definition) is 2. The minimum absolute atomic E-state index is 0.191. The van der Waals surface area contributed by atoms with Gasteiger partial charge in [-0.25, -0.2) is 0 Å². The molecule has 6 heteroatoms. The van der Waals surface area contributed by atoms with Crippen molar-refractivity contribution in [2.45, 2.75) is 63.6 Å². The molecule has 128 valence electrons. The lowest BCUT2D eigenvalue weighted by molar-refractivity contribution is -0.249. The lowest BCUT2D eigenvalue weighted by Crippen LogP contribution is -2.68. The monoisotopic (exact) mass is 324 g/mol. The summed E-state index contributed by atoms with van der Waals surface area (Å²) in [6, 6.07) is 0. The van der Waals surface area contributed by atoms with E-state index in [4.69, 9.17) is 14.2 Å². The molecule has 3 fully saturated rings. The van der Waals surface area contributed by atoms with Crippen LogP contribution >= 0.6 is 0 Å². The van der Waals surface area contributed by atoms with Crippen molar-refractivity contribution >= 4 is 5.97 Å². The second-order valence-electron chi connectivity index (χ2n) is 7.77. The molecule has 0 aromatic rings. The van der Waals surface area contributed by atoms with Gasteiger partial charge in [0.15, 0.2) is 0 Å². The third-order valence-corrected chi connectivity index (χ3v) is 6.75. The summed E-state index contributed by atoms with van der Waals surface area (Å²) < 4.78 is 17.6. The van der Waals surface area contributed by atoms with Crippen molar-refractivity contribution in [2.24, 2.45) is 10.8 Å². The summed E-state index contributed by atoms with van der Waals surface area (Å²) in [5, 5.41) is 21.2. The molecule has 2 aliphatic heterocycles. The Balaban J connectivity index is 1.84. The molecule has 4 aliphatic rings. The van der Waals surface area contributed by atoms with E-state index in [0.29, 0.717) is 19.4 Å². The van der Waals surface area contributed by atoms with Gasteiger partial charge in [-0.05, 0) is 19.8 Å². The van der Waals surface area contributed by atoms with Crippen LogP contribution in [0.15, 0.2) is 11.6 Å². The van der Waals surface area contributed by atoms with Crippen molar-refractivity contribution < 1.29 is 29.2 Å². The third-order valence-electron chi connectivity index (χ3n) is 6.75.